The van der Waals surface area contributed by atoms with Crippen molar-refractivity contribution in [2.24, 2.45) is 5.92 Å². The number of hydrogen-bond acceptors (Lipinski definition) is 3. The summed E-state index contributed by atoms with van der Waals surface area (Å²) in [6.07, 6.45) is 5.47. The summed E-state index contributed by atoms with van der Waals surface area (Å²) in [5, 5.41) is 3.57. The van der Waals surface area contributed by atoms with Gasteiger partial charge in [0.2, 0.25) is 0 Å². The summed E-state index contributed by atoms with van der Waals surface area (Å²) >= 11 is 0. The summed E-state index contributed by atoms with van der Waals surface area (Å²) in [4.78, 5) is 0.462. The van der Waals surface area contributed by atoms with Gasteiger partial charge in [-0.1, -0.05) is 31.0 Å². The minimum absolute atomic E-state index is 0.269. The molecule has 2 unspecified atom stereocenters. The smallest absolute Gasteiger partial charge is 0.178 e. The highest BCUT2D eigenvalue weighted by Crippen LogP contribution is 2.29. The SMILES string of the molecule is CCCNC1CCCC1CCS(=O)(=O)c1ccc(C)cc1. The topological polar surface area (TPSA) is 46.2 Å². The Kier molecular flexibility index (Phi) is 5.82. The molecule has 0 heterocycles. The van der Waals surface area contributed by atoms with E-state index in [-0.39, 0.29) is 5.75 Å². The predicted molar refractivity (Wildman–Crippen MR) is 87.3 cm³/mol. The van der Waals surface area contributed by atoms with E-state index >= 15 is 0 Å². The molecule has 4 heteroatoms. The number of benzene rings is 1. The Balaban J connectivity index is 1.93. The van der Waals surface area contributed by atoms with Gasteiger partial charge in [-0.15, -0.1) is 0 Å². The minimum atomic E-state index is -3.14. The van der Waals surface area contributed by atoms with Gasteiger partial charge in [-0.25, -0.2) is 8.42 Å². The molecule has 1 fully saturated rings. The lowest BCUT2D eigenvalue weighted by Gasteiger charge is -2.20. The van der Waals surface area contributed by atoms with E-state index < -0.39 is 9.84 Å². The largest absolute Gasteiger partial charge is 0.314 e. The lowest BCUT2D eigenvalue weighted by molar-refractivity contribution is 0.391. The molecule has 2 rings (SSSR count). The van der Waals surface area contributed by atoms with Crippen molar-refractivity contribution in [2.45, 2.75) is 56.9 Å². The lowest BCUT2D eigenvalue weighted by atomic mass is 10.0. The molecular formula is C17H27NO2S. The fourth-order valence-electron chi connectivity index (χ4n) is 3.15. The second-order valence-corrected chi connectivity index (χ2v) is 8.28. The molecule has 1 aliphatic carbocycles. The Morgan fingerprint density at radius 1 is 1.19 bits per heavy atom. The summed E-state index contributed by atoms with van der Waals surface area (Å²) in [5.74, 6) is 0.780. The van der Waals surface area contributed by atoms with Crippen molar-refractivity contribution >= 4 is 9.84 Å². The Labute approximate surface area is 129 Å². The van der Waals surface area contributed by atoms with Crippen LogP contribution in [-0.2, 0) is 9.84 Å². The standard InChI is InChI=1S/C17H27NO2S/c1-3-12-18-17-6-4-5-15(17)11-13-21(19,20)16-9-7-14(2)8-10-16/h7-10,15,17-18H,3-6,11-13H2,1-2H3. The second-order valence-electron chi connectivity index (χ2n) is 6.17. The van der Waals surface area contributed by atoms with E-state index in [1.165, 1.54) is 12.8 Å². The van der Waals surface area contributed by atoms with Gasteiger partial charge in [-0.3, -0.25) is 0 Å². The van der Waals surface area contributed by atoms with Crippen LogP contribution < -0.4 is 5.32 Å². The monoisotopic (exact) mass is 309 g/mol. The zero-order valence-electron chi connectivity index (χ0n) is 13.1. The second kappa shape index (κ2) is 7.41. The molecule has 2 atom stereocenters. The average molecular weight is 309 g/mol. The van der Waals surface area contributed by atoms with Crippen molar-refractivity contribution in [2.75, 3.05) is 12.3 Å². The van der Waals surface area contributed by atoms with Crippen LogP contribution in [0.15, 0.2) is 29.2 Å². The van der Waals surface area contributed by atoms with Crippen molar-refractivity contribution in [3.63, 3.8) is 0 Å². The molecule has 118 valence electrons. The number of aryl methyl sites for hydroxylation is 1. The van der Waals surface area contributed by atoms with Crippen LogP contribution in [0, 0.1) is 12.8 Å². The van der Waals surface area contributed by atoms with E-state index in [1.807, 2.05) is 19.1 Å². The first-order valence-electron chi connectivity index (χ1n) is 8.05. The van der Waals surface area contributed by atoms with Crippen LogP contribution in [0.2, 0.25) is 0 Å². The summed E-state index contributed by atoms with van der Waals surface area (Å²) in [6, 6.07) is 7.71. The van der Waals surface area contributed by atoms with Crippen molar-refractivity contribution in [1.29, 1.82) is 0 Å². The third-order valence-electron chi connectivity index (χ3n) is 4.45. The number of nitrogens with one attached hydrogen (secondary N) is 1. The maximum atomic E-state index is 12.4. The molecule has 1 N–H and O–H groups in total. The van der Waals surface area contributed by atoms with Crippen LogP contribution in [0.25, 0.3) is 0 Å². The van der Waals surface area contributed by atoms with Gasteiger partial charge in [0.15, 0.2) is 9.84 Å². The van der Waals surface area contributed by atoms with Crippen LogP contribution in [0.1, 0.15) is 44.6 Å². The third-order valence-corrected chi connectivity index (χ3v) is 6.22. The molecule has 0 saturated heterocycles. The number of hydrogen-bond donors (Lipinski definition) is 1. The summed E-state index contributed by atoms with van der Waals surface area (Å²) in [7, 11) is -3.14. The highest BCUT2D eigenvalue weighted by molar-refractivity contribution is 7.91. The quantitative estimate of drug-likeness (QED) is 0.840. The first kappa shape index (κ1) is 16.5. The van der Waals surface area contributed by atoms with Crippen molar-refractivity contribution in [3.8, 4) is 0 Å². The average Bonchev–Trinajstić information content (AvgIpc) is 2.91. The van der Waals surface area contributed by atoms with Gasteiger partial charge in [0.25, 0.3) is 0 Å². The Morgan fingerprint density at radius 2 is 1.90 bits per heavy atom. The summed E-state index contributed by atoms with van der Waals surface area (Å²) in [5.41, 5.74) is 1.09. The van der Waals surface area contributed by atoms with Gasteiger partial charge < -0.3 is 5.32 Å². The summed E-state index contributed by atoms with van der Waals surface area (Å²) in [6.45, 7) is 5.17. The molecule has 0 aromatic heterocycles. The molecule has 1 aliphatic rings. The predicted octanol–water partition coefficient (Wildman–Crippen LogP) is 3.33. The van der Waals surface area contributed by atoms with Crippen molar-refractivity contribution in [1.82, 2.24) is 5.32 Å². The lowest BCUT2D eigenvalue weighted by Crippen LogP contribution is -2.33. The van der Waals surface area contributed by atoms with Gasteiger partial charge in [-0.05, 0) is 57.2 Å². The zero-order valence-corrected chi connectivity index (χ0v) is 14.0. The van der Waals surface area contributed by atoms with Crippen LogP contribution in [0.5, 0.6) is 0 Å². The van der Waals surface area contributed by atoms with Gasteiger partial charge in [0.1, 0.15) is 0 Å². The van der Waals surface area contributed by atoms with E-state index in [1.54, 1.807) is 12.1 Å². The molecule has 0 radical (unpaired) electrons. The fraction of sp³-hybridized carbons (Fsp3) is 0.647. The summed E-state index contributed by atoms with van der Waals surface area (Å²) < 4.78 is 24.8. The third kappa shape index (κ3) is 4.55. The van der Waals surface area contributed by atoms with E-state index in [0.29, 0.717) is 16.9 Å². The van der Waals surface area contributed by atoms with E-state index in [0.717, 1.165) is 31.4 Å². The molecule has 0 bridgehead atoms. The Morgan fingerprint density at radius 3 is 2.57 bits per heavy atom. The molecule has 1 aromatic carbocycles. The molecule has 3 nitrogen and oxygen atoms in total. The zero-order chi connectivity index (χ0) is 15.3. The minimum Gasteiger partial charge on any atom is -0.314 e. The Bertz CT molecular complexity index is 536. The van der Waals surface area contributed by atoms with E-state index in [2.05, 4.69) is 12.2 Å². The first-order chi connectivity index (χ1) is 10.0. The maximum absolute atomic E-state index is 12.4. The highest BCUT2D eigenvalue weighted by atomic mass is 32.2. The Hall–Kier alpha value is -0.870. The van der Waals surface area contributed by atoms with Gasteiger partial charge in [0.05, 0.1) is 10.6 Å². The van der Waals surface area contributed by atoms with Crippen LogP contribution in [0.4, 0.5) is 0 Å². The number of rotatable bonds is 7. The fourth-order valence-corrected chi connectivity index (χ4v) is 4.55. The van der Waals surface area contributed by atoms with Crippen LogP contribution in [-0.4, -0.2) is 26.8 Å². The van der Waals surface area contributed by atoms with Gasteiger partial charge in [0, 0.05) is 6.04 Å². The van der Waals surface area contributed by atoms with Crippen LogP contribution >= 0.6 is 0 Å². The molecule has 1 saturated carbocycles. The van der Waals surface area contributed by atoms with Crippen LogP contribution in [0.3, 0.4) is 0 Å². The first-order valence-corrected chi connectivity index (χ1v) is 9.71. The number of sulfone groups is 1. The molecule has 0 amide bonds. The van der Waals surface area contributed by atoms with Gasteiger partial charge in [-0.2, -0.15) is 0 Å². The normalized spacial score (nSPS) is 22.6. The van der Waals surface area contributed by atoms with Crippen molar-refractivity contribution < 1.29 is 8.42 Å². The molecule has 0 spiro atoms. The molecular weight excluding hydrogens is 282 g/mol. The van der Waals surface area contributed by atoms with Gasteiger partial charge >= 0.3 is 0 Å². The molecule has 1 aromatic rings. The maximum Gasteiger partial charge on any atom is 0.178 e. The van der Waals surface area contributed by atoms with Crippen molar-refractivity contribution in [3.05, 3.63) is 29.8 Å². The van der Waals surface area contributed by atoms with E-state index in [9.17, 15) is 8.42 Å². The molecule has 0 aliphatic heterocycles. The van der Waals surface area contributed by atoms with E-state index in [4.69, 9.17) is 0 Å². The highest BCUT2D eigenvalue weighted by Gasteiger charge is 2.28. The molecule has 21 heavy (non-hydrogen) atoms.